The average Bonchev–Trinajstić information content (AvgIpc) is 3.29. The number of alkyl carbamates (subject to hydrolysis) is 1. The van der Waals surface area contributed by atoms with Gasteiger partial charge in [0.2, 0.25) is 0 Å². The van der Waals surface area contributed by atoms with Crippen LogP contribution >= 0.6 is 0 Å². The summed E-state index contributed by atoms with van der Waals surface area (Å²) in [5.74, 6) is -1.26. The molecule has 1 amide bonds. The standard InChI is InChI=1S/C26H19NO5/c28-24-21-12-11-16(14-22(21)25(29)32-24)6-5-13-27-26(30)31-15-23-19-9-3-1-7-17(19)18-8-2-4-10-20(18)23/h1-12,14,23H,13,15H2,(H,27,30). The summed E-state index contributed by atoms with van der Waals surface area (Å²) in [5, 5.41) is 2.70. The van der Waals surface area contributed by atoms with Crippen molar-refractivity contribution in [2.24, 2.45) is 0 Å². The Balaban J connectivity index is 1.17. The van der Waals surface area contributed by atoms with Crippen LogP contribution in [0.3, 0.4) is 0 Å². The zero-order valence-electron chi connectivity index (χ0n) is 17.0. The molecule has 1 N–H and O–H groups in total. The molecule has 3 aromatic carbocycles. The highest BCUT2D eigenvalue weighted by atomic mass is 16.6. The van der Waals surface area contributed by atoms with E-state index < -0.39 is 18.0 Å². The number of benzene rings is 3. The Bertz CT molecular complexity index is 1230. The lowest BCUT2D eigenvalue weighted by Gasteiger charge is -2.14. The van der Waals surface area contributed by atoms with E-state index in [1.54, 1.807) is 30.4 Å². The first-order chi connectivity index (χ1) is 15.6. The highest BCUT2D eigenvalue weighted by Gasteiger charge is 2.30. The summed E-state index contributed by atoms with van der Waals surface area (Å²) < 4.78 is 10.1. The Labute approximate surface area is 184 Å². The minimum atomic E-state index is -0.642. The zero-order chi connectivity index (χ0) is 22.1. The molecule has 1 aliphatic heterocycles. The third kappa shape index (κ3) is 3.56. The summed E-state index contributed by atoms with van der Waals surface area (Å²) in [6.07, 6.45) is 2.99. The Morgan fingerprint density at radius 2 is 1.53 bits per heavy atom. The number of carbonyl (C=O) groups excluding carboxylic acids is 3. The predicted octanol–water partition coefficient (Wildman–Crippen LogP) is 4.55. The van der Waals surface area contributed by atoms with Crippen LogP contribution in [0.25, 0.3) is 17.2 Å². The molecule has 0 saturated carbocycles. The quantitative estimate of drug-likeness (QED) is 0.479. The molecule has 0 unspecified atom stereocenters. The Hall–Kier alpha value is -4.19. The number of ether oxygens (including phenoxy) is 2. The van der Waals surface area contributed by atoms with Crippen molar-refractivity contribution >= 4 is 24.1 Å². The van der Waals surface area contributed by atoms with E-state index in [2.05, 4.69) is 34.3 Å². The van der Waals surface area contributed by atoms with E-state index in [0.717, 1.165) is 16.7 Å². The molecular formula is C26H19NO5. The van der Waals surface area contributed by atoms with Gasteiger partial charge in [0, 0.05) is 12.5 Å². The van der Waals surface area contributed by atoms with Gasteiger partial charge in [-0.1, -0.05) is 66.7 Å². The maximum Gasteiger partial charge on any atom is 0.407 e. The van der Waals surface area contributed by atoms with Crippen LogP contribution in [0.4, 0.5) is 4.79 Å². The number of carbonyl (C=O) groups is 3. The summed E-state index contributed by atoms with van der Waals surface area (Å²) >= 11 is 0. The van der Waals surface area contributed by atoms with E-state index in [1.807, 2.05) is 24.3 Å². The summed E-state index contributed by atoms with van der Waals surface area (Å²) in [6, 6.07) is 21.2. The fourth-order valence-electron chi connectivity index (χ4n) is 4.19. The Morgan fingerprint density at radius 3 is 2.25 bits per heavy atom. The monoisotopic (exact) mass is 425 g/mol. The van der Waals surface area contributed by atoms with Crippen molar-refractivity contribution in [3.05, 3.63) is 101 Å². The van der Waals surface area contributed by atoms with Gasteiger partial charge in [-0.25, -0.2) is 14.4 Å². The summed E-state index contributed by atoms with van der Waals surface area (Å²) in [7, 11) is 0. The molecule has 0 atom stereocenters. The second-order valence-electron chi connectivity index (χ2n) is 7.59. The van der Waals surface area contributed by atoms with Crippen molar-refractivity contribution in [2.75, 3.05) is 13.2 Å². The van der Waals surface area contributed by atoms with Crippen LogP contribution in [0.15, 0.2) is 72.8 Å². The largest absolute Gasteiger partial charge is 0.449 e. The van der Waals surface area contributed by atoms with Crippen molar-refractivity contribution in [1.82, 2.24) is 5.32 Å². The van der Waals surface area contributed by atoms with Crippen LogP contribution in [0.2, 0.25) is 0 Å². The summed E-state index contributed by atoms with van der Waals surface area (Å²) in [5.41, 5.74) is 5.93. The first-order valence-electron chi connectivity index (χ1n) is 10.3. The van der Waals surface area contributed by atoms with Crippen LogP contribution < -0.4 is 5.32 Å². The molecule has 6 nitrogen and oxygen atoms in total. The fourth-order valence-corrected chi connectivity index (χ4v) is 4.19. The molecule has 5 rings (SSSR count). The molecule has 158 valence electrons. The number of esters is 2. The zero-order valence-corrected chi connectivity index (χ0v) is 17.0. The van der Waals surface area contributed by atoms with Crippen LogP contribution in [0.1, 0.15) is 43.3 Å². The highest BCUT2D eigenvalue weighted by molar-refractivity contribution is 6.14. The van der Waals surface area contributed by atoms with Gasteiger partial charge < -0.3 is 14.8 Å². The number of hydrogen-bond donors (Lipinski definition) is 1. The van der Waals surface area contributed by atoms with Gasteiger partial charge in [-0.3, -0.25) is 0 Å². The number of amides is 1. The van der Waals surface area contributed by atoms with Crippen molar-refractivity contribution < 1.29 is 23.9 Å². The van der Waals surface area contributed by atoms with E-state index >= 15 is 0 Å². The second kappa shape index (κ2) is 8.15. The van der Waals surface area contributed by atoms with Crippen LogP contribution in [-0.2, 0) is 9.47 Å². The van der Waals surface area contributed by atoms with Crippen LogP contribution in [0.5, 0.6) is 0 Å². The highest BCUT2D eigenvalue weighted by Crippen LogP contribution is 2.44. The molecule has 1 aliphatic carbocycles. The molecule has 0 aromatic heterocycles. The smallest absolute Gasteiger partial charge is 0.407 e. The van der Waals surface area contributed by atoms with Crippen molar-refractivity contribution in [1.29, 1.82) is 0 Å². The summed E-state index contributed by atoms with van der Waals surface area (Å²) in [6.45, 7) is 0.516. The van der Waals surface area contributed by atoms with Gasteiger partial charge in [0.1, 0.15) is 6.61 Å². The topological polar surface area (TPSA) is 81.7 Å². The van der Waals surface area contributed by atoms with Crippen molar-refractivity contribution in [3.63, 3.8) is 0 Å². The number of cyclic esters (lactones) is 2. The van der Waals surface area contributed by atoms with E-state index in [1.165, 1.54) is 11.1 Å². The predicted molar refractivity (Wildman–Crippen MR) is 118 cm³/mol. The van der Waals surface area contributed by atoms with E-state index in [0.29, 0.717) is 0 Å². The molecule has 3 aromatic rings. The third-order valence-corrected chi connectivity index (χ3v) is 5.69. The maximum absolute atomic E-state index is 12.2. The molecule has 0 spiro atoms. The van der Waals surface area contributed by atoms with E-state index in [4.69, 9.17) is 4.74 Å². The lowest BCUT2D eigenvalue weighted by atomic mass is 9.98. The summed E-state index contributed by atoms with van der Waals surface area (Å²) in [4.78, 5) is 35.3. The molecule has 32 heavy (non-hydrogen) atoms. The lowest BCUT2D eigenvalue weighted by molar-refractivity contribution is 0.0443. The average molecular weight is 425 g/mol. The van der Waals surface area contributed by atoms with E-state index in [9.17, 15) is 14.4 Å². The molecule has 2 aliphatic rings. The fraction of sp³-hybridized carbons (Fsp3) is 0.115. The number of fused-ring (bicyclic) bond motifs is 4. The molecule has 0 bridgehead atoms. The van der Waals surface area contributed by atoms with E-state index in [-0.39, 0.29) is 30.2 Å². The van der Waals surface area contributed by atoms with Crippen LogP contribution in [-0.4, -0.2) is 31.2 Å². The number of rotatable bonds is 5. The van der Waals surface area contributed by atoms with Gasteiger partial charge in [-0.15, -0.1) is 0 Å². The first-order valence-corrected chi connectivity index (χ1v) is 10.3. The van der Waals surface area contributed by atoms with Gasteiger partial charge in [-0.05, 0) is 39.9 Å². The van der Waals surface area contributed by atoms with Gasteiger partial charge in [0.05, 0.1) is 11.1 Å². The lowest BCUT2D eigenvalue weighted by Crippen LogP contribution is -2.26. The molecule has 1 heterocycles. The normalized spacial score (nSPS) is 14.1. The van der Waals surface area contributed by atoms with Gasteiger partial charge >= 0.3 is 18.0 Å². The molecule has 6 heteroatoms. The van der Waals surface area contributed by atoms with Crippen LogP contribution in [0, 0.1) is 0 Å². The van der Waals surface area contributed by atoms with Crippen molar-refractivity contribution in [3.8, 4) is 11.1 Å². The SMILES string of the molecule is O=C(NCC=Cc1ccc2c(c1)C(=O)OC2=O)OCC1c2ccccc2-c2ccccc21. The Kier molecular flexibility index (Phi) is 5.03. The van der Waals surface area contributed by atoms with Gasteiger partial charge in [0.25, 0.3) is 0 Å². The van der Waals surface area contributed by atoms with Gasteiger partial charge in [0.15, 0.2) is 0 Å². The molecule has 0 fully saturated rings. The molecule has 0 radical (unpaired) electrons. The Morgan fingerprint density at radius 1 is 0.875 bits per heavy atom. The third-order valence-electron chi connectivity index (χ3n) is 5.69. The maximum atomic E-state index is 12.2. The minimum Gasteiger partial charge on any atom is -0.449 e. The molecular weight excluding hydrogens is 406 g/mol. The first kappa shape index (κ1) is 19.8. The van der Waals surface area contributed by atoms with Gasteiger partial charge in [-0.2, -0.15) is 0 Å². The molecule has 0 saturated heterocycles. The van der Waals surface area contributed by atoms with Crippen molar-refractivity contribution in [2.45, 2.75) is 5.92 Å². The second-order valence-corrected chi connectivity index (χ2v) is 7.59. The number of hydrogen-bond acceptors (Lipinski definition) is 5. The number of nitrogens with one attached hydrogen (secondary N) is 1. The minimum absolute atomic E-state index is 0.0116.